The number of esters is 1. The van der Waals surface area contributed by atoms with Gasteiger partial charge in [-0.15, -0.1) is 0 Å². The minimum Gasteiger partial charge on any atom is -0.431 e. The molecule has 2 aliphatic heterocycles. The molecule has 0 saturated carbocycles. The average Bonchev–Trinajstić information content (AvgIpc) is 2.52. The number of hydrogen-bond acceptors (Lipinski definition) is 3. The van der Waals surface area contributed by atoms with E-state index in [1.54, 1.807) is 0 Å². The lowest BCUT2D eigenvalue weighted by molar-refractivity contribution is -0.140. The molecule has 0 spiro atoms. The average molecular weight is 222 g/mol. The zero-order valence-electron chi connectivity index (χ0n) is 10.1. The zero-order valence-corrected chi connectivity index (χ0v) is 10.1. The fraction of sp³-hybridized carbons (Fsp3) is 0.615. The van der Waals surface area contributed by atoms with Crippen LogP contribution in [0, 0.1) is 0 Å². The standard InChI is InChI=1S/C13H18O3/c1-4-12-6-7-13(5-2,16-12)9-11(8-12)15-10(3)14/h6-8H,4-5,9H2,1-3H3/t12-,13+/m0/s1. The van der Waals surface area contributed by atoms with E-state index in [0.29, 0.717) is 6.42 Å². The van der Waals surface area contributed by atoms with Crippen molar-refractivity contribution in [3.05, 3.63) is 24.0 Å². The lowest BCUT2D eigenvalue weighted by Gasteiger charge is -2.37. The van der Waals surface area contributed by atoms with Crippen molar-refractivity contribution in [2.24, 2.45) is 0 Å². The summed E-state index contributed by atoms with van der Waals surface area (Å²) in [7, 11) is 0. The number of carbonyl (C=O) groups is 1. The van der Waals surface area contributed by atoms with Gasteiger partial charge < -0.3 is 9.47 Å². The van der Waals surface area contributed by atoms with Gasteiger partial charge in [0.25, 0.3) is 0 Å². The quantitative estimate of drug-likeness (QED) is 0.544. The Morgan fingerprint density at radius 3 is 2.75 bits per heavy atom. The molecular weight excluding hydrogens is 204 g/mol. The predicted molar refractivity (Wildman–Crippen MR) is 60.7 cm³/mol. The van der Waals surface area contributed by atoms with Gasteiger partial charge in [0.1, 0.15) is 11.4 Å². The maximum atomic E-state index is 11.0. The number of fused-ring (bicyclic) bond motifs is 2. The van der Waals surface area contributed by atoms with Crippen LogP contribution in [0.2, 0.25) is 0 Å². The second kappa shape index (κ2) is 3.74. The molecule has 16 heavy (non-hydrogen) atoms. The molecule has 0 saturated heterocycles. The maximum Gasteiger partial charge on any atom is 0.307 e. The van der Waals surface area contributed by atoms with Crippen LogP contribution in [-0.4, -0.2) is 17.2 Å². The van der Waals surface area contributed by atoms with Crippen LogP contribution in [0.1, 0.15) is 40.0 Å². The van der Waals surface area contributed by atoms with E-state index < -0.39 is 0 Å². The van der Waals surface area contributed by atoms with E-state index >= 15 is 0 Å². The third-order valence-electron chi connectivity index (χ3n) is 3.37. The van der Waals surface area contributed by atoms with Crippen LogP contribution in [0.3, 0.4) is 0 Å². The Morgan fingerprint density at radius 1 is 1.44 bits per heavy atom. The SMILES string of the molecule is CC[C@]12C=C[C@](CC)(CC(OC(C)=O)=C1)O2. The molecule has 88 valence electrons. The molecule has 2 aliphatic rings. The predicted octanol–water partition coefficient (Wildman–Crippen LogP) is 2.72. The Balaban J connectivity index is 2.29. The molecule has 3 nitrogen and oxygen atoms in total. The Bertz CT molecular complexity index is 369. The minimum absolute atomic E-state index is 0.259. The molecule has 2 bridgehead atoms. The van der Waals surface area contributed by atoms with Crippen LogP contribution in [0.4, 0.5) is 0 Å². The molecule has 2 rings (SSSR count). The lowest BCUT2D eigenvalue weighted by atomic mass is 9.93. The summed E-state index contributed by atoms with van der Waals surface area (Å²) in [5.74, 6) is 0.484. The molecule has 0 unspecified atom stereocenters. The highest BCUT2D eigenvalue weighted by Gasteiger charge is 2.46. The maximum absolute atomic E-state index is 11.0. The van der Waals surface area contributed by atoms with E-state index in [4.69, 9.17) is 9.47 Å². The molecule has 3 heteroatoms. The normalized spacial score (nSPS) is 36.1. The second-order valence-electron chi connectivity index (χ2n) is 4.54. The third-order valence-corrected chi connectivity index (χ3v) is 3.37. The molecule has 0 aromatic carbocycles. The Morgan fingerprint density at radius 2 is 2.19 bits per heavy atom. The van der Waals surface area contributed by atoms with Crippen LogP contribution in [-0.2, 0) is 14.3 Å². The lowest BCUT2D eigenvalue weighted by Crippen LogP contribution is -2.39. The Kier molecular flexibility index (Phi) is 2.66. The molecule has 0 N–H and O–H groups in total. The van der Waals surface area contributed by atoms with Crippen LogP contribution in [0.15, 0.2) is 24.0 Å². The van der Waals surface area contributed by atoms with Crippen molar-refractivity contribution in [2.45, 2.75) is 51.2 Å². The second-order valence-corrected chi connectivity index (χ2v) is 4.54. The molecular formula is C13H18O3. The summed E-state index contributed by atoms with van der Waals surface area (Å²) in [6.07, 6.45) is 8.55. The summed E-state index contributed by atoms with van der Waals surface area (Å²) >= 11 is 0. The highest BCUT2D eigenvalue weighted by molar-refractivity contribution is 5.67. The zero-order chi connectivity index (χ0) is 11.8. The van der Waals surface area contributed by atoms with Crippen LogP contribution < -0.4 is 0 Å². The molecule has 0 fully saturated rings. The minimum atomic E-state index is -0.362. The largest absolute Gasteiger partial charge is 0.431 e. The van der Waals surface area contributed by atoms with Gasteiger partial charge in [0.05, 0.1) is 5.60 Å². The van der Waals surface area contributed by atoms with Crippen molar-refractivity contribution < 1.29 is 14.3 Å². The van der Waals surface area contributed by atoms with Gasteiger partial charge in [0, 0.05) is 13.3 Å². The van der Waals surface area contributed by atoms with Gasteiger partial charge >= 0.3 is 5.97 Å². The summed E-state index contributed by atoms with van der Waals surface area (Å²) in [5, 5.41) is 0. The van der Waals surface area contributed by atoms with Crippen LogP contribution in [0.5, 0.6) is 0 Å². The monoisotopic (exact) mass is 222 g/mol. The van der Waals surface area contributed by atoms with E-state index in [-0.39, 0.29) is 17.2 Å². The van der Waals surface area contributed by atoms with E-state index in [2.05, 4.69) is 26.0 Å². The van der Waals surface area contributed by atoms with Crippen molar-refractivity contribution in [1.82, 2.24) is 0 Å². The van der Waals surface area contributed by atoms with Crippen molar-refractivity contribution in [3.8, 4) is 0 Å². The van der Waals surface area contributed by atoms with Crippen molar-refractivity contribution in [2.75, 3.05) is 0 Å². The summed E-state index contributed by atoms with van der Waals surface area (Å²) < 4.78 is 11.3. The van der Waals surface area contributed by atoms with Crippen molar-refractivity contribution in [3.63, 3.8) is 0 Å². The van der Waals surface area contributed by atoms with Gasteiger partial charge in [0.2, 0.25) is 0 Å². The van der Waals surface area contributed by atoms with Gasteiger partial charge in [0.15, 0.2) is 0 Å². The van der Waals surface area contributed by atoms with Crippen molar-refractivity contribution in [1.29, 1.82) is 0 Å². The Hall–Kier alpha value is -1.09. The summed E-state index contributed by atoms with van der Waals surface area (Å²) in [6.45, 7) is 5.60. The highest BCUT2D eigenvalue weighted by Crippen LogP contribution is 2.45. The van der Waals surface area contributed by atoms with Crippen LogP contribution in [0.25, 0.3) is 0 Å². The first-order chi connectivity index (χ1) is 7.53. The third kappa shape index (κ3) is 1.80. The fourth-order valence-corrected chi connectivity index (χ4v) is 2.39. The number of hydrogen-bond donors (Lipinski definition) is 0. The first-order valence-corrected chi connectivity index (χ1v) is 5.84. The van der Waals surface area contributed by atoms with Gasteiger partial charge in [-0.25, -0.2) is 0 Å². The number of ether oxygens (including phenoxy) is 2. The molecule has 0 aromatic rings. The van der Waals surface area contributed by atoms with Crippen molar-refractivity contribution >= 4 is 5.97 Å². The molecule has 0 aromatic heterocycles. The van der Waals surface area contributed by atoms with E-state index in [9.17, 15) is 4.79 Å². The van der Waals surface area contributed by atoms with Gasteiger partial charge in [-0.1, -0.05) is 19.9 Å². The summed E-state index contributed by atoms with van der Waals surface area (Å²) in [5.41, 5.74) is -0.630. The first-order valence-electron chi connectivity index (χ1n) is 5.84. The number of carbonyl (C=O) groups excluding carboxylic acids is 1. The van der Waals surface area contributed by atoms with E-state index in [1.807, 2.05) is 6.08 Å². The Labute approximate surface area is 96.1 Å². The van der Waals surface area contributed by atoms with Crippen LogP contribution >= 0.6 is 0 Å². The summed E-state index contributed by atoms with van der Waals surface area (Å²) in [6, 6.07) is 0. The van der Waals surface area contributed by atoms with Gasteiger partial charge in [-0.3, -0.25) is 4.79 Å². The molecule has 2 atom stereocenters. The summed E-state index contributed by atoms with van der Waals surface area (Å²) in [4.78, 5) is 11.0. The smallest absolute Gasteiger partial charge is 0.307 e. The fourth-order valence-electron chi connectivity index (χ4n) is 2.39. The molecule has 0 amide bonds. The molecule has 0 aliphatic carbocycles. The molecule has 2 heterocycles. The first kappa shape index (κ1) is 11.4. The topological polar surface area (TPSA) is 35.5 Å². The number of rotatable bonds is 3. The van der Waals surface area contributed by atoms with Gasteiger partial charge in [-0.05, 0) is 25.0 Å². The highest BCUT2D eigenvalue weighted by atomic mass is 16.6. The molecule has 0 radical (unpaired) electrons. The van der Waals surface area contributed by atoms with Gasteiger partial charge in [-0.2, -0.15) is 0 Å². The van der Waals surface area contributed by atoms with E-state index in [1.165, 1.54) is 6.92 Å². The van der Waals surface area contributed by atoms with E-state index in [0.717, 1.165) is 18.6 Å².